The molecule has 0 bridgehead atoms. The molecule has 2 rings (SSSR count). The smallest absolute Gasteiger partial charge is 0.377 e. The lowest BCUT2D eigenvalue weighted by Crippen LogP contribution is -2.31. The molecule has 7 heteroatoms. The number of halogens is 4. The number of hydrogen-bond donors (Lipinski definition) is 0. The van der Waals surface area contributed by atoms with Crippen molar-refractivity contribution in [3.8, 4) is 0 Å². The second-order valence-electron chi connectivity index (χ2n) is 4.49. The van der Waals surface area contributed by atoms with E-state index in [4.69, 9.17) is 16.3 Å². The Balaban J connectivity index is 2.24. The molecule has 1 saturated heterocycles. The van der Waals surface area contributed by atoms with Crippen LogP contribution in [0.5, 0.6) is 0 Å². The first-order valence-corrected chi connectivity index (χ1v) is 6.36. The Labute approximate surface area is 114 Å². The van der Waals surface area contributed by atoms with Crippen molar-refractivity contribution in [2.75, 3.05) is 24.6 Å². The molecule has 0 aromatic carbocycles. The zero-order valence-electron chi connectivity index (χ0n) is 10.4. The highest BCUT2D eigenvalue weighted by molar-refractivity contribution is 6.30. The summed E-state index contributed by atoms with van der Waals surface area (Å²) in [7, 11) is 0. The van der Waals surface area contributed by atoms with E-state index in [2.05, 4.69) is 4.98 Å². The molecule has 0 aliphatic carbocycles. The average Bonchev–Trinajstić information content (AvgIpc) is 2.52. The van der Waals surface area contributed by atoms with Gasteiger partial charge in [-0.15, -0.1) is 0 Å². The molecule has 1 aliphatic rings. The van der Waals surface area contributed by atoms with Crippen molar-refractivity contribution in [3.63, 3.8) is 0 Å². The first-order valence-electron chi connectivity index (χ1n) is 5.98. The minimum atomic E-state index is -4.47. The molecular weight excluding hydrogens is 281 g/mol. The van der Waals surface area contributed by atoms with Crippen molar-refractivity contribution < 1.29 is 17.9 Å². The summed E-state index contributed by atoms with van der Waals surface area (Å²) in [5.41, 5.74) is -0.906. The molecule has 3 nitrogen and oxygen atoms in total. The lowest BCUT2D eigenvalue weighted by molar-refractivity contribution is -0.137. The van der Waals surface area contributed by atoms with Gasteiger partial charge in [0, 0.05) is 19.7 Å². The van der Waals surface area contributed by atoms with Gasteiger partial charge in [0.1, 0.15) is 11.0 Å². The third-order valence-electron chi connectivity index (χ3n) is 2.92. The van der Waals surface area contributed by atoms with E-state index >= 15 is 0 Å². The van der Waals surface area contributed by atoms with Crippen LogP contribution < -0.4 is 4.90 Å². The zero-order valence-corrected chi connectivity index (χ0v) is 11.1. The van der Waals surface area contributed by atoms with Crippen LogP contribution in [-0.4, -0.2) is 30.8 Å². The largest absolute Gasteiger partial charge is 0.419 e. The molecular formula is C12H14ClF3N2O. The van der Waals surface area contributed by atoms with E-state index in [0.29, 0.717) is 25.5 Å². The van der Waals surface area contributed by atoms with E-state index in [-0.39, 0.29) is 6.10 Å². The molecule has 1 aliphatic heterocycles. The standard InChI is InChI=1S/C12H14ClF3N2O/c1-8-7-18(5-2-6-19-8)10-4-3-9(11(13)17-10)12(14,15)16/h3-4,8H,2,5-7H2,1H3/t8-/m0/s1. The molecule has 1 aromatic rings. The van der Waals surface area contributed by atoms with E-state index < -0.39 is 16.9 Å². The number of hydrogen-bond acceptors (Lipinski definition) is 3. The van der Waals surface area contributed by atoms with Crippen molar-refractivity contribution in [1.29, 1.82) is 0 Å². The Morgan fingerprint density at radius 3 is 2.79 bits per heavy atom. The van der Waals surface area contributed by atoms with Crippen LogP contribution in [0.2, 0.25) is 5.15 Å². The van der Waals surface area contributed by atoms with Crippen LogP contribution in [0, 0.1) is 0 Å². The Bertz CT molecular complexity index is 453. The summed E-state index contributed by atoms with van der Waals surface area (Å²) >= 11 is 5.62. The lowest BCUT2D eigenvalue weighted by Gasteiger charge is -2.23. The molecule has 0 unspecified atom stereocenters. The van der Waals surface area contributed by atoms with Crippen LogP contribution in [-0.2, 0) is 10.9 Å². The van der Waals surface area contributed by atoms with Crippen molar-refractivity contribution in [2.24, 2.45) is 0 Å². The summed E-state index contributed by atoms with van der Waals surface area (Å²) in [5.74, 6) is 0.454. The van der Waals surface area contributed by atoms with Crippen LogP contribution in [0.15, 0.2) is 12.1 Å². The maximum atomic E-state index is 12.6. The number of nitrogens with zero attached hydrogens (tertiary/aromatic N) is 2. The number of anilines is 1. The van der Waals surface area contributed by atoms with Crippen LogP contribution in [0.1, 0.15) is 18.9 Å². The highest BCUT2D eigenvalue weighted by Gasteiger charge is 2.34. The molecule has 1 atom stereocenters. The van der Waals surface area contributed by atoms with Gasteiger partial charge < -0.3 is 9.64 Å². The van der Waals surface area contributed by atoms with Crippen LogP contribution >= 0.6 is 11.6 Å². The molecule has 0 radical (unpaired) electrons. The molecule has 1 fully saturated rings. The summed E-state index contributed by atoms with van der Waals surface area (Å²) < 4.78 is 43.3. The molecule has 2 heterocycles. The van der Waals surface area contributed by atoms with Gasteiger partial charge in [0.05, 0.1) is 11.7 Å². The van der Waals surface area contributed by atoms with Crippen LogP contribution in [0.3, 0.4) is 0 Å². The Hall–Kier alpha value is -1.01. The van der Waals surface area contributed by atoms with Crippen LogP contribution in [0.25, 0.3) is 0 Å². The molecule has 19 heavy (non-hydrogen) atoms. The second-order valence-corrected chi connectivity index (χ2v) is 4.84. The maximum absolute atomic E-state index is 12.6. The van der Waals surface area contributed by atoms with Gasteiger partial charge in [0.25, 0.3) is 0 Å². The van der Waals surface area contributed by atoms with Crippen molar-refractivity contribution in [3.05, 3.63) is 22.8 Å². The second kappa shape index (κ2) is 5.54. The van der Waals surface area contributed by atoms with Gasteiger partial charge in [-0.3, -0.25) is 0 Å². The zero-order chi connectivity index (χ0) is 14.0. The Morgan fingerprint density at radius 2 is 2.16 bits per heavy atom. The molecule has 0 N–H and O–H groups in total. The van der Waals surface area contributed by atoms with Gasteiger partial charge >= 0.3 is 6.18 Å². The first kappa shape index (κ1) is 14.4. The van der Waals surface area contributed by atoms with Crippen LogP contribution in [0.4, 0.5) is 19.0 Å². The highest BCUT2D eigenvalue weighted by atomic mass is 35.5. The summed E-state index contributed by atoms with van der Waals surface area (Å²) in [6.07, 6.45) is -3.65. The minimum absolute atomic E-state index is 0.0189. The predicted octanol–water partition coefficient (Wildman–Crippen LogP) is 3.37. The summed E-state index contributed by atoms with van der Waals surface area (Å²) in [6.45, 7) is 3.85. The third-order valence-corrected chi connectivity index (χ3v) is 3.20. The van der Waals surface area contributed by atoms with E-state index in [1.807, 2.05) is 11.8 Å². The molecule has 106 valence electrons. The van der Waals surface area contributed by atoms with Crippen molar-refractivity contribution >= 4 is 17.4 Å². The molecule has 0 saturated carbocycles. The molecule has 1 aromatic heterocycles. The topological polar surface area (TPSA) is 25.4 Å². The quantitative estimate of drug-likeness (QED) is 0.743. The molecule has 0 amide bonds. The minimum Gasteiger partial charge on any atom is -0.377 e. The molecule has 0 spiro atoms. The normalized spacial score (nSPS) is 21.3. The number of rotatable bonds is 1. The fraction of sp³-hybridized carbons (Fsp3) is 0.583. The number of pyridine rings is 1. The highest BCUT2D eigenvalue weighted by Crippen LogP contribution is 2.34. The van der Waals surface area contributed by atoms with E-state index in [9.17, 15) is 13.2 Å². The third kappa shape index (κ3) is 3.51. The fourth-order valence-corrected chi connectivity index (χ4v) is 2.27. The Kier molecular flexibility index (Phi) is 4.20. The first-order chi connectivity index (χ1) is 8.88. The van der Waals surface area contributed by atoms with E-state index in [1.54, 1.807) is 0 Å². The number of aromatic nitrogens is 1. The van der Waals surface area contributed by atoms with Crippen molar-refractivity contribution in [1.82, 2.24) is 4.98 Å². The van der Waals surface area contributed by atoms with E-state index in [1.165, 1.54) is 6.07 Å². The van der Waals surface area contributed by atoms with Crippen molar-refractivity contribution in [2.45, 2.75) is 25.6 Å². The van der Waals surface area contributed by atoms with E-state index in [0.717, 1.165) is 12.5 Å². The van der Waals surface area contributed by atoms with Gasteiger partial charge in [0.2, 0.25) is 0 Å². The monoisotopic (exact) mass is 294 g/mol. The van der Waals surface area contributed by atoms with Gasteiger partial charge in [-0.1, -0.05) is 11.6 Å². The summed E-state index contributed by atoms with van der Waals surface area (Å²) in [5, 5.41) is -0.511. The maximum Gasteiger partial charge on any atom is 0.419 e. The summed E-state index contributed by atoms with van der Waals surface area (Å²) in [6, 6.07) is 2.33. The summed E-state index contributed by atoms with van der Waals surface area (Å²) in [4.78, 5) is 5.75. The fourth-order valence-electron chi connectivity index (χ4n) is 2.01. The number of alkyl halides is 3. The van der Waals surface area contributed by atoms with Gasteiger partial charge in [0.15, 0.2) is 0 Å². The van der Waals surface area contributed by atoms with Gasteiger partial charge in [-0.25, -0.2) is 4.98 Å². The lowest BCUT2D eigenvalue weighted by atomic mass is 10.2. The number of ether oxygens (including phenoxy) is 1. The van der Waals surface area contributed by atoms with Gasteiger partial charge in [-0.05, 0) is 25.5 Å². The average molecular weight is 295 g/mol. The SMILES string of the molecule is C[C@H]1CN(c2ccc(C(F)(F)F)c(Cl)n2)CCCO1. The Morgan fingerprint density at radius 1 is 1.42 bits per heavy atom. The predicted molar refractivity (Wildman–Crippen MR) is 66.5 cm³/mol. The van der Waals surface area contributed by atoms with Gasteiger partial charge in [-0.2, -0.15) is 13.2 Å².